The largest absolute Gasteiger partial charge is 0.493 e. The molecule has 3 unspecified atom stereocenters. The highest BCUT2D eigenvalue weighted by atomic mass is 16.5. The Morgan fingerprint density at radius 3 is 2.63 bits per heavy atom. The van der Waals surface area contributed by atoms with Crippen LogP contribution in [0.2, 0.25) is 0 Å². The van der Waals surface area contributed by atoms with E-state index in [2.05, 4.69) is 13.0 Å². The van der Waals surface area contributed by atoms with Crippen molar-refractivity contribution in [1.82, 2.24) is 0 Å². The van der Waals surface area contributed by atoms with E-state index < -0.39 is 0 Å². The van der Waals surface area contributed by atoms with E-state index in [0.29, 0.717) is 5.92 Å². The zero-order valence-electron chi connectivity index (χ0n) is 11.6. The Balaban J connectivity index is 2.12. The first-order valence-corrected chi connectivity index (χ1v) is 6.97. The van der Waals surface area contributed by atoms with Crippen LogP contribution in [-0.4, -0.2) is 13.2 Å². The van der Waals surface area contributed by atoms with Gasteiger partial charge in [0.25, 0.3) is 0 Å². The Hall–Kier alpha value is -1.69. The average molecular weight is 259 g/mol. The molecule has 1 aromatic carbocycles. The van der Waals surface area contributed by atoms with Gasteiger partial charge in [0.1, 0.15) is 6.10 Å². The molecule has 0 bridgehead atoms. The second-order valence-electron chi connectivity index (χ2n) is 5.13. The van der Waals surface area contributed by atoms with Gasteiger partial charge in [-0.15, -0.1) is 0 Å². The number of nitrogens with zero attached hydrogens (tertiary/aromatic N) is 1. The summed E-state index contributed by atoms with van der Waals surface area (Å²) < 4.78 is 11.4. The molecule has 3 nitrogen and oxygen atoms in total. The van der Waals surface area contributed by atoms with Crippen molar-refractivity contribution >= 4 is 0 Å². The van der Waals surface area contributed by atoms with Crippen molar-refractivity contribution in [3.05, 3.63) is 24.3 Å². The van der Waals surface area contributed by atoms with Crippen molar-refractivity contribution in [2.75, 3.05) is 7.11 Å². The molecule has 1 fully saturated rings. The quantitative estimate of drug-likeness (QED) is 0.826. The summed E-state index contributed by atoms with van der Waals surface area (Å²) in [5.41, 5.74) is 0. The van der Waals surface area contributed by atoms with Crippen LogP contribution in [0.4, 0.5) is 0 Å². The summed E-state index contributed by atoms with van der Waals surface area (Å²) in [4.78, 5) is 0. The molecule has 0 amide bonds. The van der Waals surface area contributed by atoms with Gasteiger partial charge < -0.3 is 9.47 Å². The number of rotatable bonds is 4. The molecule has 0 radical (unpaired) electrons. The van der Waals surface area contributed by atoms with E-state index in [1.54, 1.807) is 7.11 Å². The predicted molar refractivity (Wildman–Crippen MR) is 74.1 cm³/mol. The smallest absolute Gasteiger partial charge is 0.161 e. The molecule has 3 atom stereocenters. The van der Waals surface area contributed by atoms with Gasteiger partial charge in [0.05, 0.1) is 19.1 Å². The number of benzene rings is 1. The summed E-state index contributed by atoms with van der Waals surface area (Å²) in [7, 11) is 1.64. The lowest BCUT2D eigenvalue weighted by Crippen LogP contribution is -2.33. The lowest BCUT2D eigenvalue weighted by atomic mass is 9.79. The van der Waals surface area contributed by atoms with E-state index in [1.165, 1.54) is 0 Å². The third-order valence-electron chi connectivity index (χ3n) is 3.99. The van der Waals surface area contributed by atoms with E-state index in [9.17, 15) is 5.26 Å². The van der Waals surface area contributed by atoms with Gasteiger partial charge in [0.2, 0.25) is 0 Å². The highest BCUT2D eigenvalue weighted by Crippen LogP contribution is 2.36. The van der Waals surface area contributed by atoms with Crippen LogP contribution < -0.4 is 9.47 Å². The molecule has 0 spiro atoms. The Morgan fingerprint density at radius 1 is 1.26 bits per heavy atom. The van der Waals surface area contributed by atoms with Gasteiger partial charge in [-0.1, -0.05) is 25.5 Å². The number of ether oxygens (including phenoxy) is 2. The van der Waals surface area contributed by atoms with Gasteiger partial charge in [-0.25, -0.2) is 0 Å². The topological polar surface area (TPSA) is 42.2 Å². The summed E-state index contributed by atoms with van der Waals surface area (Å²) in [6.07, 6.45) is 4.19. The molecule has 0 saturated heterocycles. The molecule has 1 aliphatic rings. The maximum atomic E-state index is 9.26. The first-order chi connectivity index (χ1) is 9.28. The molecule has 1 aromatic rings. The zero-order chi connectivity index (χ0) is 13.7. The second kappa shape index (κ2) is 6.47. The fourth-order valence-electron chi connectivity index (χ4n) is 2.74. The van der Waals surface area contributed by atoms with Gasteiger partial charge in [0, 0.05) is 0 Å². The van der Waals surface area contributed by atoms with Crippen LogP contribution in [0.5, 0.6) is 11.5 Å². The van der Waals surface area contributed by atoms with Crippen LogP contribution >= 0.6 is 0 Å². The van der Waals surface area contributed by atoms with Crippen LogP contribution in [0.3, 0.4) is 0 Å². The van der Waals surface area contributed by atoms with Crippen molar-refractivity contribution in [3.63, 3.8) is 0 Å². The van der Waals surface area contributed by atoms with E-state index in [1.807, 2.05) is 24.3 Å². The number of para-hydroxylation sites is 2. The van der Waals surface area contributed by atoms with Crippen LogP contribution in [0.15, 0.2) is 24.3 Å². The average Bonchev–Trinajstić information content (AvgIpc) is 2.47. The number of nitriles is 1. The molecular weight excluding hydrogens is 238 g/mol. The predicted octanol–water partition coefficient (Wildman–Crippen LogP) is 3.79. The minimum atomic E-state index is -0.0139. The molecule has 2 rings (SSSR count). The van der Waals surface area contributed by atoms with Crippen LogP contribution in [-0.2, 0) is 0 Å². The van der Waals surface area contributed by atoms with Gasteiger partial charge in [-0.2, -0.15) is 5.26 Å². The Kier molecular flexibility index (Phi) is 4.68. The molecule has 1 saturated carbocycles. The van der Waals surface area contributed by atoms with E-state index in [4.69, 9.17) is 9.47 Å². The molecular formula is C16H21NO2. The third-order valence-corrected chi connectivity index (χ3v) is 3.99. The van der Waals surface area contributed by atoms with E-state index in [-0.39, 0.29) is 12.0 Å². The highest BCUT2D eigenvalue weighted by Gasteiger charge is 2.31. The summed E-state index contributed by atoms with van der Waals surface area (Å²) >= 11 is 0. The van der Waals surface area contributed by atoms with Gasteiger partial charge in [0.15, 0.2) is 11.5 Å². The van der Waals surface area contributed by atoms with Crippen LogP contribution in [0, 0.1) is 23.2 Å². The summed E-state index contributed by atoms with van der Waals surface area (Å²) in [6, 6.07) is 10.0. The summed E-state index contributed by atoms with van der Waals surface area (Å²) in [5.74, 6) is 2.14. The molecule has 19 heavy (non-hydrogen) atoms. The molecule has 102 valence electrons. The van der Waals surface area contributed by atoms with Crippen molar-refractivity contribution < 1.29 is 9.47 Å². The molecule has 0 aromatic heterocycles. The SMILES string of the molecule is CCC1CCC(C#N)C(Oc2ccccc2OC)C1. The van der Waals surface area contributed by atoms with Gasteiger partial charge in [-0.05, 0) is 37.3 Å². The monoisotopic (exact) mass is 259 g/mol. The van der Waals surface area contributed by atoms with Crippen molar-refractivity contribution in [2.24, 2.45) is 11.8 Å². The Morgan fingerprint density at radius 2 is 2.00 bits per heavy atom. The van der Waals surface area contributed by atoms with Crippen LogP contribution in [0.25, 0.3) is 0 Å². The molecule has 1 aliphatic carbocycles. The summed E-state index contributed by atoms with van der Waals surface area (Å²) in [6.45, 7) is 2.21. The van der Waals surface area contributed by atoms with Crippen molar-refractivity contribution in [1.29, 1.82) is 5.26 Å². The fourth-order valence-corrected chi connectivity index (χ4v) is 2.74. The highest BCUT2D eigenvalue weighted by molar-refractivity contribution is 5.39. The molecule has 0 heterocycles. The zero-order valence-corrected chi connectivity index (χ0v) is 11.6. The van der Waals surface area contributed by atoms with Crippen molar-refractivity contribution in [2.45, 2.75) is 38.7 Å². The Labute approximate surface area is 115 Å². The minimum Gasteiger partial charge on any atom is -0.493 e. The normalized spacial score (nSPS) is 26.5. The molecule has 3 heteroatoms. The minimum absolute atomic E-state index is 0.00675. The third kappa shape index (κ3) is 3.20. The van der Waals surface area contributed by atoms with Crippen molar-refractivity contribution in [3.8, 4) is 17.6 Å². The first kappa shape index (κ1) is 13.7. The fraction of sp³-hybridized carbons (Fsp3) is 0.562. The first-order valence-electron chi connectivity index (χ1n) is 6.97. The number of methoxy groups -OCH3 is 1. The van der Waals surface area contributed by atoms with E-state index >= 15 is 0 Å². The molecule has 0 aliphatic heterocycles. The van der Waals surface area contributed by atoms with Gasteiger partial charge in [-0.3, -0.25) is 0 Å². The molecule has 0 N–H and O–H groups in total. The van der Waals surface area contributed by atoms with Crippen LogP contribution in [0.1, 0.15) is 32.6 Å². The number of hydrogen-bond donors (Lipinski definition) is 0. The maximum absolute atomic E-state index is 9.26. The van der Waals surface area contributed by atoms with Gasteiger partial charge >= 0.3 is 0 Å². The number of hydrogen-bond acceptors (Lipinski definition) is 3. The maximum Gasteiger partial charge on any atom is 0.161 e. The van der Waals surface area contributed by atoms with E-state index in [0.717, 1.165) is 37.2 Å². The second-order valence-corrected chi connectivity index (χ2v) is 5.13. The standard InChI is InChI=1S/C16H21NO2/c1-3-12-8-9-13(11-17)16(10-12)19-15-7-5-4-6-14(15)18-2/h4-7,12-13,16H,3,8-10H2,1-2H3. The summed E-state index contributed by atoms with van der Waals surface area (Å²) in [5, 5.41) is 9.26. The lowest BCUT2D eigenvalue weighted by molar-refractivity contribution is 0.0864. The lowest BCUT2D eigenvalue weighted by Gasteiger charge is -2.32. The Bertz CT molecular complexity index is 452.